The fourth-order valence-electron chi connectivity index (χ4n) is 2.17. The van der Waals surface area contributed by atoms with Crippen molar-refractivity contribution in [2.45, 2.75) is 32.4 Å². The number of hydrogen-bond acceptors (Lipinski definition) is 2. The summed E-state index contributed by atoms with van der Waals surface area (Å²) < 4.78 is 2.18. The number of halogens is 1. The SMILES string of the molecule is Cc1ccc(-c2cncn2CCNC2CC2)cc1Cl. The monoisotopic (exact) mass is 275 g/mol. The van der Waals surface area contributed by atoms with Crippen LogP contribution >= 0.6 is 11.6 Å². The van der Waals surface area contributed by atoms with Crippen LogP contribution in [-0.2, 0) is 6.54 Å². The molecule has 1 fully saturated rings. The van der Waals surface area contributed by atoms with Gasteiger partial charge in [-0.25, -0.2) is 4.98 Å². The summed E-state index contributed by atoms with van der Waals surface area (Å²) in [5.41, 5.74) is 3.35. The van der Waals surface area contributed by atoms with Gasteiger partial charge in [0.15, 0.2) is 0 Å². The van der Waals surface area contributed by atoms with Gasteiger partial charge < -0.3 is 9.88 Å². The van der Waals surface area contributed by atoms with Crippen LogP contribution in [0, 0.1) is 6.92 Å². The summed E-state index contributed by atoms with van der Waals surface area (Å²) in [6, 6.07) is 6.92. The largest absolute Gasteiger partial charge is 0.329 e. The molecule has 2 aromatic rings. The average molecular weight is 276 g/mol. The molecule has 0 atom stereocenters. The Labute approximate surface area is 118 Å². The molecule has 1 aliphatic rings. The highest BCUT2D eigenvalue weighted by Crippen LogP contribution is 2.25. The molecule has 100 valence electrons. The number of benzene rings is 1. The molecule has 3 nitrogen and oxygen atoms in total. The lowest BCUT2D eigenvalue weighted by molar-refractivity contribution is 0.598. The molecular weight excluding hydrogens is 258 g/mol. The molecule has 4 heteroatoms. The molecule has 1 aliphatic carbocycles. The van der Waals surface area contributed by atoms with Gasteiger partial charge in [0.2, 0.25) is 0 Å². The maximum atomic E-state index is 6.20. The van der Waals surface area contributed by atoms with E-state index in [1.807, 2.05) is 25.5 Å². The summed E-state index contributed by atoms with van der Waals surface area (Å²) in [6.45, 7) is 3.95. The van der Waals surface area contributed by atoms with E-state index in [4.69, 9.17) is 11.6 Å². The lowest BCUT2D eigenvalue weighted by Gasteiger charge is -2.10. The third kappa shape index (κ3) is 2.99. The zero-order valence-electron chi connectivity index (χ0n) is 11.1. The van der Waals surface area contributed by atoms with Crippen LogP contribution < -0.4 is 5.32 Å². The molecule has 19 heavy (non-hydrogen) atoms. The maximum Gasteiger partial charge on any atom is 0.0951 e. The van der Waals surface area contributed by atoms with Crippen molar-refractivity contribution in [1.29, 1.82) is 0 Å². The molecule has 1 N–H and O–H groups in total. The molecule has 1 aromatic heterocycles. The summed E-state index contributed by atoms with van der Waals surface area (Å²) in [5, 5.41) is 4.33. The van der Waals surface area contributed by atoms with Gasteiger partial charge in [-0.2, -0.15) is 0 Å². The molecule has 0 bridgehead atoms. The highest BCUT2D eigenvalue weighted by molar-refractivity contribution is 6.31. The number of imidazole rings is 1. The van der Waals surface area contributed by atoms with E-state index in [1.165, 1.54) is 12.8 Å². The van der Waals surface area contributed by atoms with E-state index in [0.717, 1.165) is 41.0 Å². The third-order valence-electron chi connectivity index (χ3n) is 3.54. The van der Waals surface area contributed by atoms with Crippen LogP contribution in [0.5, 0.6) is 0 Å². The highest BCUT2D eigenvalue weighted by Gasteiger charge is 2.19. The first-order valence-electron chi connectivity index (χ1n) is 6.74. The second-order valence-corrected chi connectivity index (χ2v) is 5.57. The Morgan fingerprint density at radius 3 is 3.00 bits per heavy atom. The van der Waals surface area contributed by atoms with E-state index >= 15 is 0 Å². The minimum atomic E-state index is 0.751. The lowest BCUT2D eigenvalue weighted by atomic mass is 10.1. The topological polar surface area (TPSA) is 29.9 Å². The van der Waals surface area contributed by atoms with Gasteiger partial charge >= 0.3 is 0 Å². The van der Waals surface area contributed by atoms with Gasteiger partial charge in [-0.05, 0) is 31.4 Å². The lowest BCUT2D eigenvalue weighted by Crippen LogP contribution is -2.21. The van der Waals surface area contributed by atoms with Crippen molar-refractivity contribution in [3.05, 3.63) is 41.3 Å². The molecule has 3 rings (SSSR count). The molecule has 1 aromatic carbocycles. The molecule has 0 radical (unpaired) electrons. The number of aryl methyl sites for hydroxylation is 1. The van der Waals surface area contributed by atoms with Crippen LogP contribution in [0.3, 0.4) is 0 Å². The molecule has 1 saturated carbocycles. The Kier molecular flexibility index (Phi) is 3.58. The zero-order chi connectivity index (χ0) is 13.2. The molecule has 0 spiro atoms. The first kappa shape index (κ1) is 12.7. The summed E-state index contributed by atoms with van der Waals surface area (Å²) in [6.07, 6.45) is 6.44. The van der Waals surface area contributed by atoms with Crippen LogP contribution in [0.15, 0.2) is 30.7 Å². The number of nitrogens with one attached hydrogen (secondary N) is 1. The summed E-state index contributed by atoms with van der Waals surface area (Å²) in [7, 11) is 0. The predicted octanol–water partition coefficient (Wildman–Crippen LogP) is 3.26. The Balaban J connectivity index is 1.75. The van der Waals surface area contributed by atoms with Crippen molar-refractivity contribution in [1.82, 2.24) is 14.9 Å². The smallest absolute Gasteiger partial charge is 0.0951 e. The van der Waals surface area contributed by atoms with Gasteiger partial charge in [-0.1, -0.05) is 23.7 Å². The van der Waals surface area contributed by atoms with E-state index in [0.29, 0.717) is 0 Å². The van der Waals surface area contributed by atoms with Crippen molar-refractivity contribution in [3.63, 3.8) is 0 Å². The van der Waals surface area contributed by atoms with Gasteiger partial charge in [0.05, 0.1) is 18.2 Å². The van der Waals surface area contributed by atoms with Crippen molar-refractivity contribution in [2.24, 2.45) is 0 Å². The van der Waals surface area contributed by atoms with Gasteiger partial charge in [0, 0.05) is 29.7 Å². The molecular formula is C15H18ClN3. The molecule has 1 heterocycles. The second kappa shape index (κ2) is 5.35. The van der Waals surface area contributed by atoms with Crippen molar-refractivity contribution in [2.75, 3.05) is 6.54 Å². The Morgan fingerprint density at radius 1 is 1.42 bits per heavy atom. The van der Waals surface area contributed by atoms with Crippen LogP contribution in [-0.4, -0.2) is 22.1 Å². The van der Waals surface area contributed by atoms with Crippen LogP contribution in [0.4, 0.5) is 0 Å². The van der Waals surface area contributed by atoms with Gasteiger partial charge in [0.1, 0.15) is 0 Å². The third-order valence-corrected chi connectivity index (χ3v) is 3.95. The Hall–Kier alpha value is -1.32. The summed E-state index contributed by atoms with van der Waals surface area (Å²) >= 11 is 6.20. The van der Waals surface area contributed by atoms with Crippen molar-refractivity contribution in [3.8, 4) is 11.3 Å². The normalized spacial score (nSPS) is 14.8. The van der Waals surface area contributed by atoms with Gasteiger partial charge in [0.25, 0.3) is 0 Å². The average Bonchev–Trinajstić information content (AvgIpc) is 3.10. The van der Waals surface area contributed by atoms with Crippen molar-refractivity contribution < 1.29 is 0 Å². The van der Waals surface area contributed by atoms with E-state index in [-0.39, 0.29) is 0 Å². The Morgan fingerprint density at radius 2 is 2.26 bits per heavy atom. The van der Waals surface area contributed by atoms with E-state index in [9.17, 15) is 0 Å². The number of hydrogen-bond donors (Lipinski definition) is 1. The summed E-state index contributed by atoms with van der Waals surface area (Å²) in [5.74, 6) is 0. The summed E-state index contributed by atoms with van der Waals surface area (Å²) in [4.78, 5) is 4.26. The minimum absolute atomic E-state index is 0.751. The highest BCUT2D eigenvalue weighted by atomic mass is 35.5. The van der Waals surface area contributed by atoms with Crippen LogP contribution in [0.1, 0.15) is 18.4 Å². The van der Waals surface area contributed by atoms with E-state index < -0.39 is 0 Å². The molecule has 0 unspecified atom stereocenters. The standard InChI is InChI=1S/C15H18ClN3/c1-11-2-3-12(8-14(11)16)15-9-17-10-19(15)7-6-18-13-4-5-13/h2-3,8-10,13,18H,4-7H2,1H3. The molecule has 0 aliphatic heterocycles. The first-order valence-corrected chi connectivity index (χ1v) is 7.12. The molecule has 0 amide bonds. The number of rotatable bonds is 5. The van der Waals surface area contributed by atoms with E-state index in [1.54, 1.807) is 0 Å². The fraction of sp³-hybridized carbons (Fsp3) is 0.400. The fourth-order valence-corrected chi connectivity index (χ4v) is 2.35. The van der Waals surface area contributed by atoms with Crippen molar-refractivity contribution >= 4 is 11.6 Å². The van der Waals surface area contributed by atoms with Crippen LogP contribution in [0.25, 0.3) is 11.3 Å². The Bertz CT molecular complexity index is 573. The maximum absolute atomic E-state index is 6.20. The van der Waals surface area contributed by atoms with Gasteiger partial charge in [-0.15, -0.1) is 0 Å². The van der Waals surface area contributed by atoms with Crippen LogP contribution in [0.2, 0.25) is 5.02 Å². The first-order chi connectivity index (χ1) is 9.24. The number of nitrogens with zero attached hydrogens (tertiary/aromatic N) is 2. The van der Waals surface area contributed by atoms with E-state index in [2.05, 4.69) is 27.0 Å². The number of aromatic nitrogens is 2. The zero-order valence-corrected chi connectivity index (χ0v) is 11.8. The van der Waals surface area contributed by atoms with Gasteiger partial charge in [-0.3, -0.25) is 0 Å². The predicted molar refractivity (Wildman–Crippen MR) is 78.4 cm³/mol. The minimum Gasteiger partial charge on any atom is -0.329 e. The quantitative estimate of drug-likeness (QED) is 0.908. The second-order valence-electron chi connectivity index (χ2n) is 5.16. The molecule has 0 saturated heterocycles.